The molecule has 1 N–H and O–H groups in total. The van der Waals surface area contributed by atoms with Gasteiger partial charge in [-0.3, -0.25) is 9.36 Å². The standard InChI is InChI=1S/C16H9Br2F3N2O2/c1-23-14(7-2-3-12(24)10(4-7)16(19,20)21)22-13-9(15(23)25)5-8(17)6-11(13)18/h2-6,24H,1H3. The van der Waals surface area contributed by atoms with Gasteiger partial charge in [0.15, 0.2) is 0 Å². The molecular weight excluding hydrogens is 469 g/mol. The molecule has 3 aromatic rings. The Morgan fingerprint density at radius 1 is 1.16 bits per heavy atom. The third kappa shape index (κ3) is 3.18. The number of alkyl halides is 3. The Balaban J connectivity index is 2.34. The summed E-state index contributed by atoms with van der Waals surface area (Å²) in [5, 5.41) is 9.79. The van der Waals surface area contributed by atoms with Crippen LogP contribution in [0, 0.1) is 0 Å². The fourth-order valence-electron chi connectivity index (χ4n) is 2.46. The lowest BCUT2D eigenvalue weighted by Crippen LogP contribution is -2.20. The first-order valence-electron chi connectivity index (χ1n) is 6.86. The van der Waals surface area contributed by atoms with Crippen LogP contribution < -0.4 is 5.56 Å². The molecule has 1 heterocycles. The summed E-state index contributed by atoms with van der Waals surface area (Å²) in [4.78, 5) is 16.9. The molecule has 0 spiro atoms. The van der Waals surface area contributed by atoms with E-state index in [1.807, 2.05) is 0 Å². The van der Waals surface area contributed by atoms with Crippen LogP contribution in [-0.2, 0) is 13.2 Å². The molecular formula is C16H9Br2F3N2O2. The van der Waals surface area contributed by atoms with Gasteiger partial charge in [-0.05, 0) is 46.3 Å². The number of aromatic nitrogens is 2. The molecule has 0 aliphatic carbocycles. The van der Waals surface area contributed by atoms with E-state index in [4.69, 9.17) is 0 Å². The van der Waals surface area contributed by atoms with Gasteiger partial charge in [-0.1, -0.05) is 15.9 Å². The number of hydrogen-bond acceptors (Lipinski definition) is 3. The van der Waals surface area contributed by atoms with Gasteiger partial charge in [0.2, 0.25) is 0 Å². The monoisotopic (exact) mass is 476 g/mol. The minimum atomic E-state index is -4.72. The van der Waals surface area contributed by atoms with Crippen LogP contribution in [0.3, 0.4) is 0 Å². The minimum Gasteiger partial charge on any atom is -0.507 e. The van der Waals surface area contributed by atoms with Crippen molar-refractivity contribution < 1.29 is 18.3 Å². The highest BCUT2D eigenvalue weighted by molar-refractivity contribution is 9.11. The zero-order chi connectivity index (χ0) is 18.5. The first-order valence-corrected chi connectivity index (χ1v) is 8.44. The number of phenols is 1. The van der Waals surface area contributed by atoms with Crippen LogP contribution in [0.25, 0.3) is 22.3 Å². The fraction of sp³-hybridized carbons (Fsp3) is 0.125. The van der Waals surface area contributed by atoms with E-state index in [0.29, 0.717) is 19.8 Å². The Morgan fingerprint density at radius 2 is 1.84 bits per heavy atom. The van der Waals surface area contributed by atoms with E-state index in [-0.39, 0.29) is 11.4 Å². The van der Waals surface area contributed by atoms with Gasteiger partial charge in [0.25, 0.3) is 5.56 Å². The highest BCUT2D eigenvalue weighted by Crippen LogP contribution is 2.38. The highest BCUT2D eigenvalue weighted by atomic mass is 79.9. The summed E-state index contributed by atoms with van der Waals surface area (Å²) < 4.78 is 41.4. The van der Waals surface area contributed by atoms with Crippen LogP contribution >= 0.6 is 31.9 Å². The van der Waals surface area contributed by atoms with Gasteiger partial charge in [-0.2, -0.15) is 13.2 Å². The van der Waals surface area contributed by atoms with Crippen molar-refractivity contribution in [1.82, 2.24) is 9.55 Å². The zero-order valence-corrected chi connectivity index (χ0v) is 15.7. The fourth-order valence-corrected chi connectivity index (χ4v) is 3.77. The summed E-state index contributed by atoms with van der Waals surface area (Å²) in [5.41, 5.74) is -1.18. The second-order valence-corrected chi connectivity index (χ2v) is 7.08. The summed E-state index contributed by atoms with van der Waals surface area (Å²) >= 11 is 6.60. The van der Waals surface area contributed by atoms with Crippen molar-refractivity contribution >= 4 is 42.8 Å². The van der Waals surface area contributed by atoms with E-state index in [1.165, 1.54) is 17.7 Å². The molecule has 1 aromatic heterocycles. The molecule has 0 bridgehead atoms. The highest BCUT2D eigenvalue weighted by Gasteiger charge is 2.34. The number of halogens is 5. The van der Waals surface area contributed by atoms with Gasteiger partial charge < -0.3 is 5.11 Å². The smallest absolute Gasteiger partial charge is 0.419 e. The molecule has 0 aliphatic rings. The average Bonchev–Trinajstić information content (AvgIpc) is 2.51. The van der Waals surface area contributed by atoms with Gasteiger partial charge >= 0.3 is 6.18 Å². The molecule has 0 saturated heterocycles. The van der Waals surface area contributed by atoms with E-state index >= 15 is 0 Å². The summed E-state index contributed by atoms with van der Waals surface area (Å²) in [6.07, 6.45) is -4.72. The zero-order valence-electron chi connectivity index (χ0n) is 12.5. The largest absolute Gasteiger partial charge is 0.507 e. The lowest BCUT2D eigenvalue weighted by molar-refractivity contribution is -0.138. The molecule has 0 fully saturated rings. The third-order valence-corrected chi connectivity index (χ3v) is 4.72. The van der Waals surface area contributed by atoms with Crippen LogP contribution in [0.5, 0.6) is 5.75 Å². The van der Waals surface area contributed by atoms with Crippen molar-refractivity contribution in [2.24, 2.45) is 7.05 Å². The Hall–Kier alpha value is -1.87. The normalized spacial score (nSPS) is 11.9. The van der Waals surface area contributed by atoms with Crippen LogP contribution in [0.15, 0.2) is 44.1 Å². The van der Waals surface area contributed by atoms with E-state index in [2.05, 4.69) is 36.8 Å². The van der Waals surface area contributed by atoms with Gasteiger partial charge in [0.1, 0.15) is 11.6 Å². The van der Waals surface area contributed by atoms with Gasteiger partial charge in [0.05, 0.1) is 16.5 Å². The van der Waals surface area contributed by atoms with E-state index in [9.17, 15) is 23.1 Å². The van der Waals surface area contributed by atoms with Crippen LogP contribution in [0.4, 0.5) is 13.2 Å². The van der Waals surface area contributed by atoms with Crippen molar-refractivity contribution in [3.8, 4) is 17.1 Å². The van der Waals surface area contributed by atoms with Crippen molar-refractivity contribution in [2.45, 2.75) is 6.18 Å². The van der Waals surface area contributed by atoms with Crippen LogP contribution in [0.2, 0.25) is 0 Å². The van der Waals surface area contributed by atoms with Gasteiger partial charge in [-0.25, -0.2) is 4.98 Å². The molecule has 0 aliphatic heterocycles. The number of phenolic OH excluding ortho intramolecular Hbond substituents is 1. The maximum absolute atomic E-state index is 13.0. The molecule has 25 heavy (non-hydrogen) atoms. The maximum atomic E-state index is 13.0. The predicted molar refractivity (Wildman–Crippen MR) is 94.5 cm³/mol. The molecule has 0 saturated carbocycles. The SMILES string of the molecule is Cn1c(-c2ccc(O)c(C(F)(F)F)c2)nc2c(Br)cc(Br)cc2c1=O. The molecule has 0 amide bonds. The second-order valence-electron chi connectivity index (χ2n) is 5.31. The average molecular weight is 478 g/mol. The predicted octanol–water partition coefficient (Wildman–Crippen LogP) is 4.85. The summed E-state index contributed by atoms with van der Waals surface area (Å²) in [6.45, 7) is 0. The molecule has 130 valence electrons. The topological polar surface area (TPSA) is 55.1 Å². The molecule has 9 heteroatoms. The molecule has 4 nitrogen and oxygen atoms in total. The van der Waals surface area contributed by atoms with Gasteiger partial charge in [-0.15, -0.1) is 0 Å². The van der Waals surface area contributed by atoms with Gasteiger partial charge in [0, 0.05) is 21.6 Å². The van der Waals surface area contributed by atoms with E-state index < -0.39 is 23.0 Å². The molecule has 2 aromatic carbocycles. The third-order valence-electron chi connectivity index (χ3n) is 3.66. The minimum absolute atomic E-state index is 0.0611. The van der Waals surface area contributed by atoms with Crippen LogP contribution in [0.1, 0.15) is 5.56 Å². The Labute approximate surface area is 156 Å². The number of aromatic hydroxyl groups is 1. The van der Waals surface area contributed by atoms with Crippen molar-refractivity contribution in [1.29, 1.82) is 0 Å². The van der Waals surface area contributed by atoms with E-state index in [1.54, 1.807) is 12.1 Å². The van der Waals surface area contributed by atoms with Crippen molar-refractivity contribution in [2.75, 3.05) is 0 Å². The molecule has 3 rings (SSSR count). The maximum Gasteiger partial charge on any atom is 0.419 e. The quantitative estimate of drug-likeness (QED) is 0.545. The number of fused-ring (bicyclic) bond motifs is 1. The Morgan fingerprint density at radius 3 is 2.48 bits per heavy atom. The van der Waals surface area contributed by atoms with Crippen molar-refractivity contribution in [3.63, 3.8) is 0 Å². The van der Waals surface area contributed by atoms with Crippen LogP contribution in [-0.4, -0.2) is 14.7 Å². The summed E-state index contributed by atoms with van der Waals surface area (Å²) in [5.74, 6) is -0.821. The first kappa shape index (κ1) is 17.9. The lowest BCUT2D eigenvalue weighted by atomic mass is 10.1. The Kier molecular flexibility index (Phi) is 4.40. The molecule has 0 unspecified atom stereocenters. The number of benzene rings is 2. The number of hydrogen-bond donors (Lipinski definition) is 1. The lowest BCUT2D eigenvalue weighted by Gasteiger charge is -2.14. The summed E-state index contributed by atoms with van der Waals surface area (Å²) in [7, 11) is 1.43. The Bertz CT molecular complexity index is 1060. The molecule has 0 radical (unpaired) electrons. The first-order chi connectivity index (χ1) is 11.6. The number of nitrogens with zero attached hydrogens (tertiary/aromatic N) is 2. The summed E-state index contributed by atoms with van der Waals surface area (Å²) in [6, 6.07) is 6.28. The van der Waals surface area contributed by atoms with E-state index in [0.717, 1.165) is 12.1 Å². The molecule has 0 atom stereocenters. The van der Waals surface area contributed by atoms with Crippen molar-refractivity contribution in [3.05, 3.63) is 55.2 Å². The number of rotatable bonds is 1. The second kappa shape index (κ2) is 6.14.